The molecular weight excluding hydrogens is 256 g/mol. The lowest BCUT2D eigenvalue weighted by Gasteiger charge is -2.10. The number of rotatable bonds is 12. The number of benzene rings is 1. The molecule has 0 aliphatic heterocycles. The zero-order valence-electron chi connectivity index (χ0n) is 14.4. The highest BCUT2D eigenvalue weighted by atomic mass is 16.5. The molecule has 1 nitrogen and oxygen atoms in total. The smallest absolute Gasteiger partial charge is 0.0713 e. The summed E-state index contributed by atoms with van der Waals surface area (Å²) in [5.41, 5.74) is 4.35. The van der Waals surface area contributed by atoms with E-state index in [-0.39, 0.29) is 0 Å². The summed E-state index contributed by atoms with van der Waals surface area (Å²) in [7, 11) is 1.79. The molecule has 0 saturated heterocycles. The monoisotopic (exact) mass is 290 g/mol. The number of aryl methyl sites for hydroxylation is 2. The summed E-state index contributed by atoms with van der Waals surface area (Å²) in [6, 6.07) is 7.10. The van der Waals surface area contributed by atoms with Crippen molar-refractivity contribution in [2.75, 3.05) is 7.11 Å². The fourth-order valence-electron chi connectivity index (χ4n) is 2.89. The van der Waals surface area contributed by atoms with E-state index in [0.29, 0.717) is 0 Å². The molecule has 1 aromatic carbocycles. The van der Waals surface area contributed by atoms with Crippen molar-refractivity contribution in [3.8, 4) is 0 Å². The molecule has 0 spiro atoms. The lowest BCUT2D eigenvalue weighted by atomic mass is 9.98. The Hall–Kier alpha value is -0.820. The van der Waals surface area contributed by atoms with E-state index in [1.807, 2.05) is 0 Å². The second-order valence-corrected chi connectivity index (χ2v) is 6.21. The first-order chi connectivity index (χ1) is 10.3. The highest BCUT2D eigenvalue weighted by Crippen LogP contribution is 2.17. The summed E-state index contributed by atoms with van der Waals surface area (Å²) in [5, 5.41) is 0. The number of unbranched alkanes of at least 4 members (excludes halogenated alkanes) is 6. The third kappa shape index (κ3) is 8.26. The predicted octanol–water partition coefficient (Wildman–Crippen LogP) is 6.08. The first kappa shape index (κ1) is 18.2. The van der Waals surface area contributed by atoms with E-state index in [0.717, 1.165) is 6.61 Å². The lowest BCUT2D eigenvalue weighted by molar-refractivity contribution is 0.185. The second kappa shape index (κ2) is 11.8. The van der Waals surface area contributed by atoms with Gasteiger partial charge in [-0.25, -0.2) is 0 Å². The molecule has 0 amide bonds. The molecule has 0 heterocycles. The highest BCUT2D eigenvalue weighted by molar-refractivity contribution is 5.30. The average Bonchev–Trinajstić information content (AvgIpc) is 2.48. The maximum Gasteiger partial charge on any atom is 0.0713 e. The zero-order valence-corrected chi connectivity index (χ0v) is 14.4. The van der Waals surface area contributed by atoms with Crippen LogP contribution in [0.2, 0.25) is 0 Å². The Morgan fingerprint density at radius 2 is 1.14 bits per heavy atom. The molecule has 0 aliphatic rings. The van der Waals surface area contributed by atoms with E-state index < -0.39 is 0 Å². The van der Waals surface area contributed by atoms with E-state index in [1.165, 1.54) is 80.9 Å². The fourth-order valence-corrected chi connectivity index (χ4v) is 2.89. The van der Waals surface area contributed by atoms with Crippen LogP contribution in [0.25, 0.3) is 0 Å². The van der Waals surface area contributed by atoms with Gasteiger partial charge in [0.15, 0.2) is 0 Å². The normalized spacial score (nSPS) is 11.0. The maximum absolute atomic E-state index is 5.32. The Bertz CT molecular complexity index is 340. The molecule has 0 fully saturated rings. The topological polar surface area (TPSA) is 9.23 Å². The Kier molecular flexibility index (Phi) is 10.2. The molecule has 1 rings (SSSR count). The van der Waals surface area contributed by atoms with Gasteiger partial charge >= 0.3 is 0 Å². The third-order valence-electron chi connectivity index (χ3n) is 4.06. The molecule has 0 aromatic heterocycles. The molecule has 0 N–H and O–H groups in total. The molecule has 0 aliphatic carbocycles. The molecule has 1 heteroatoms. The molecule has 1 aromatic rings. The van der Waals surface area contributed by atoms with Gasteiger partial charge in [0.25, 0.3) is 0 Å². The Morgan fingerprint density at radius 3 is 1.57 bits per heavy atom. The van der Waals surface area contributed by atoms with E-state index in [4.69, 9.17) is 4.74 Å². The molecule has 120 valence electrons. The van der Waals surface area contributed by atoms with Gasteiger partial charge < -0.3 is 4.74 Å². The third-order valence-corrected chi connectivity index (χ3v) is 4.06. The van der Waals surface area contributed by atoms with Crippen molar-refractivity contribution in [3.05, 3.63) is 34.9 Å². The van der Waals surface area contributed by atoms with Gasteiger partial charge in [0.05, 0.1) is 6.61 Å². The number of hydrogen-bond acceptors (Lipinski definition) is 1. The van der Waals surface area contributed by atoms with Crippen molar-refractivity contribution in [1.82, 2.24) is 0 Å². The van der Waals surface area contributed by atoms with Crippen molar-refractivity contribution in [2.24, 2.45) is 0 Å². The Balaban J connectivity index is 2.56. The van der Waals surface area contributed by atoms with Gasteiger partial charge in [-0.2, -0.15) is 0 Å². The minimum Gasteiger partial charge on any atom is -0.380 e. The van der Waals surface area contributed by atoms with Crippen LogP contribution in [0.3, 0.4) is 0 Å². The molecule has 0 atom stereocenters. The minimum absolute atomic E-state index is 0.741. The van der Waals surface area contributed by atoms with Crippen LogP contribution in [-0.4, -0.2) is 7.11 Å². The van der Waals surface area contributed by atoms with E-state index >= 15 is 0 Å². The number of hydrogen-bond donors (Lipinski definition) is 0. The van der Waals surface area contributed by atoms with Crippen molar-refractivity contribution >= 4 is 0 Å². The number of ether oxygens (including phenoxy) is 1. The van der Waals surface area contributed by atoms with Crippen molar-refractivity contribution in [1.29, 1.82) is 0 Å². The lowest BCUT2D eigenvalue weighted by Crippen LogP contribution is -1.96. The average molecular weight is 290 g/mol. The first-order valence-corrected chi connectivity index (χ1v) is 8.90. The van der Waals surface area contributed by atoms with E-state index in [2.05, 4.69) is 32.0 Å². The molecule has 0 unspecified atom stereocenters. The van der Waals surface area contributed by atoms with Gasteiger partial charge in [-0.3, -0.25) is 0 Å². The van der Waals surface area contributed by atoms with Crippen LogP contribution in [0, 0.1) is 0 Å². The van der Waals surface area contributed by atoms with Gasteiger partial charge in [0.2, 0.25) is 0 Å². The van der Waals surface area contributed by atoms with Crippen LogP contribution < -0.4 is 0 Å². The van der Waals surface area contributed by atoms with Crippen LogP contribution in [0.15, 0.2) is 18.2 Å². The molecule has 0 saturated carbocycles. The molecule has 0 radical (unpaired) electrons. The van der Waals surface area contributed by atoms with Crippen LogP contribution >= 0.6 is 0 Å². The molecule has 21 heavy (non-hydrogen) atoms. The summed E-state index contributed by atoms with van der Waals surface area (Å²) in [4.78, 5) is 0. The van der Waals surface area contributed by atoms with Gasteiger partial charge in [-0.15, -0.1) is 0 Å². The predicted molar refractivity (Wildman–Crippen MR) is 92.8 cm³/mol. The van der Waals surface area contributed by atoms with Crippen molar-refractivity contribution in [2.45, 2.75) is 84.7 Å². The highest BCUT2D eigenvalue weighted by Gasteiger charge is 2.02. The molecular formula is C20H34O. The van der Waals surface area contributed by atoms with E-state index in [9.17, 15) is 0 Å². The summed E-state index contributed by atoms with van der Waals surface area (Å²) in [6.45, 7) is 5.28. The van der Waals surface area contributed by atoms with Gasteiger partial charge in [0, 0.05) is 7.11 Å². The standard InChI is InChI=1S/C20H34O/c1-4-6-8-10-12-18-14-19(13-11-9-7-5-2)16-20(15-18)17-21-3/h14-16H,4-13,17H2,1-3H3. The zero-order chi connectivity index (χ0) is 15.3. The molecule has 0 bridgehead atoms. The summed E-state index contributed by atoms with van der Waals surface area (Å²) in [5.74, 6) is 0. The summed E-state index contributed by atoms with van der Waals surface area (Å²) < 4.78 is 5.32. The van der Waals surface area contributed by atoms with Gasteiger partial charge in [-0.1, -0.05) is 70.6 Å². The Morgan fingerprint density at radius 1 is 0.667 bits per heavy atom. The van der Waals surface area contributed by atoms with Crippen LogP contribution in [0.4, 0.5) is 0 Å². The van der Waals surface area contributed by atoms with Crippen LogP contribution in [0.5, 0.6) is 0 Å². The largest absolute Gasteiger partial charge is 0.380 e. The van der Waals surface area contributed by atoms with Gasteiger partial charge in [0.1, 0.15) is 0 Å². The van der Waals surface area contributed by atoms with Gasteiger partial charge in [-0.05, 0) is 42.4 Å². The Labute approximate surface area is 132 Å². The van der Waals surface area contributed by atoms with Crippen LogP contribution in [-0.2, 0) is 24.2 Å². The number of methoxy groups -OCH3 is 1. The second-order valence-electron chi connectivity index (χ2n) is 6.21. The maximum atomic E-state index is 5.32. The quantitative estimate of drug-likeness (QED) is 0.424. The summed E-state index contributed by atoms with van der Waals surface area (Å²) in [6.07, 6.45) is 13.1. The van der Waals surface area contributed by atoms with Crippen molar-refractivity contribution < 1.29 is 4.74 Å². The first-order valence-electron chi connectivity index (χ1n) is 8.90. The fraction of sp³-hybridized carbons (Fsp3) is 0.700. The summed E-state index contributed by atoms with van der Waals surface area (Å²) >= 11 is 0. The van der Waals surface area contributed by atoms with Crippen LogP contribution in [0.1, 0.15) is 81.9 Å². The van der Waals surface area contributed by atoms with Crippen molar-refractivity contribution in [3.63, 3.8) is 0 Å². The van der Waals surface area contributed by atoms with E-state index in [1.54, 1.807) is 7.11 Å². The SMILES string of the molecule is CCCCCCc1cc(CCCCCC)cc(COC)c1. The minimum atomic E-state index is 0.741.